The maximum atomic E-state index is 11.5. The number of carbonyl (C=O) groups excluding carboxylic acids is 1. The van der Waals surface area contributed by atoms with Crippen LogP contribution in [0.25, 0.3) is 0 Å². The fraction of sp³-hybridized carbons (Fsp3) is 0.0909. The summed E-state index contributed by atoms with van der Waals surface area (Å²) in [4.78, 5) is 22.1. The standard InChI is InChI=1S/C11H11NO4/c1-2-5-16-11(15)8-6-7(10(13)14)3-4-9(8)12/h2-4,6H,1,5,12H2,(H,13,14). The van der Waals surface area contributed by atoms with Gasteiger partial charge in [-0.3, -0.25) is 0 Å². The minimum Gasteiger partial charge on any atom is -0.478 e. The zero-order valence-electron chi connectivity index (χ0n) is 8.47. The summed E-state index contributed by atoms with van der Waals surface area (Å²) in [5, 5.41) is 8.75. The fourth-order valence-electron chi connectivity index (χ4n) is 1.08. The van der Waals surface area contributed by atoms with Gasteiger partial charge in [0.25, 0.3) is 0 Å². The zero-order valence-corrected chi connectivity index (χ0v) is 8.47. The largest absolute Gasteiger partial charge is 0.478 e. The average Bonchev–Trinajstić information content (AvgIpc) is 2.26. The third-order valence-electron chi connectivity index (χ3n) is 1.85. The summed E-state index contributed by atoms with van der Waals surface area (Å²) < 4.78 is 4.76. The number of benzene rings is 1. The van der Waals surface area contributed by atoms with Crippen molar-refractivity contribution >= 4 is 17.6 Å². The molecular weight excluding hydrogens is 210 g/mol. The summed E-state index contributed by atoms with van der Waals surface area (Å²) in [7, 11) is 0. The number of ether oxygens (including phenoxy) is 1. The topological polar surface area (TPSA) is 89.6 Å². The highest BCUT2D eigenvalue weighted by Gasteiger charge is 2.13. The van der Waals surface area contributed by atoms with Crippen LogP contribution in [0.2, 0.25) is 0 Å². The molecule has 16 heavy (non-hydrogen) atoms. The van der Waals surface area contributed by atoms with E-state index in [1.54, 1.807) is 0 Å². The van der Waals surface area contributed by atoms with E-state index in [0.717, 1.165) is 0 Å². The van der Waals surface area contributed by atoms with Crippen LogP contribution in [0.3, 0.4) is 0 Å². The van der Waals surface area contributed by atoms with E-state index in [2.05, 4.69) is 6.58 Å². The van der Waals surface area contributed by atoms with Gasteiger partial charge < -0.3 is 15.6 Å². The summed E-state index contributed by atoms with van der Waals surface area (Å²) in [6.45, 7) is 3.44. The number of hydrogen-bond donors (Lipinski definition) is 2. The molecule has 0 aliphatic rings. The molecule has 0 aliphatic heterocycles. The summed E-state index contributed by atoms with van der Waals surface area (Å²) in [6, 6.07) is 3.86. The van der Waals surface area contributed by atoms with Gasteiger partial charge in [0.05, 0.1) is 11.1 Å². The van der Waals surface area contributed by atoms with Gasteiger partial charge >= 0.3 is 11.9 Å². The molecule has 0 amide bonds. The Labute approximate surface area is 92.1 Å². The molecule has 1 rings (SSSR count). The Balaban J connectivity index is 3.02. The number of rotatable bonds is 4. The molecule has 1 aromatic rings. The predicted molar refractivity (Wildman–Crippen MR) is 58.3 cm³/mol. The maximum absolute atomic E-state index is 11.5. The van der Waals surface area contributed by atoms with E-state index in [-0.39, 0.29) is 23.4 Å². The fourth-order valence-corrected chi connectivity index (χ4v) is 1.08. The Morgan fingerprint density at radius 1 is 1.50 bits per heavy atom. The van der Waals surface area contributed by atoms with Gasteiger partial charge in [0, 0.05) is 5.69 Å². The van der Waals surface area contributed by atoms with Crippen molar-refractivity contribution in [2.24, 2.45) is 0 Å². The van der Waals surface area contributed by atoms with Crippen LogP contribution in [0.5, 0.6) is 0 Å². The molecule has 0 aliphatic carbocycles. The smallest absolute Gasteiger partial charge is 0.340 e. The molecule has 3 N–H and O–H groups in total. The highest BCUT2D eigenvalue weighted by Crippen LogP contribution is 2.15. The van der Waals surface area contributed by atoms with Crippen LogP contribution in [0.4, 0.5) is 5.69 Å². The molecule has 0 radical (unpaired) electrons. The molecule has 0 saturated carbocycles. The molecule has 0 spiro atoms. The van der Waals surface area contributed by atoms with E-state index in [0.29, 0.717) is 0 Å². The van der Waals surface area contributed by atoms with E-state index in [4.69, 9.17) is 15.6 Å². The Kier molecular flexibility index (Phi) is 3.66. The average molecular weight is 221 g/mol. The lowest BCUT2D eigenvalue weighted by molar-refractivity contribution is 0.0551. The molecular formula is C11H11NO4. The monoisotopic (exact) mass is 221 g/mol. The Morgan fingerprint density at radius 3 is 2.75 bits per heavy atom. The third kappa shape index (κ3) is 2.60. The van der Waals surface area contributed by atoms with Gasteiger partial charge in [0.2, 0.25) is 0 Å². The molecule has 0 atom stereocenters. The second-order valence-corrected chi connectivity index (χ2v) is 2.99. The number of nitrogen functional groups attached to an aromatic ring is 1. The summed E-state index contributed by atoms with van der Waals surface area (Å²) in [6.07, 6.45) is 1.41. The van der Waals surface area contributed by atoms with Crippen LogP contribution in [-0.2, 0) is 4.74 Å². The molecule has 0 bridgehead atoms. The molecule has 0 saturated heterocycles. The van der Waals surface area contributed by atoms with Crippen molar-refractivity contribution in [1.29, 1.82) is 0 Å². The van der Waals surface area contributed by atoms with Gasteiger partial charge in [-0.25, -0.2) is 9.59 Å². The van der Waals surface area contributed by atoms with Gasteiger partial charge in [-0.1, -0.05) is 12.7 Å². The molecule has 5 nitrogen and oxygen atoms in total. The molecule has 0 aromatic heterocycles. The number of carboxylic acid groups (broad SMARTS) is 1. The van der Waals surface area contributed by atoms with Crippen molar-refractivity contribution in [3.8, 4) is 0 Å². The SMILES string of the molecule is C=CCOC(=O)c1cc(C(=O)O)ccc1N. The van der Waals surface area contributed by atoms with Crippen LogP contribution in [0, 0.1) is 0 Å². The van der Waals surface area contributed by atoms with E-state index < -0.39 is 11.9 Å². The number of carbonyl (C=O) groups is 2. The Morgan fingerprint density at radius 2 is 2.19 bits per heavy atom. The highest BCUT2D eigenvalue weighted by atomic mass is 16.5. The van der Waals surface area contributed by atoms with E-state index >= 15 is 0 Å². The van der Waals surface area contributed by atoms with Crippen molar-refractivity contribution < 1.29 is 19.4 Å². The van der Waals surface area contributed by atoms with Crippen LogP contribution in [0.1, 0.15) is 20.7 Å². The highest BCUT2D eigenvalue weighted by molar-refractivity contribution is 5.98. The minimum absolute atomic E-state index is 0.0141. The van der Waals surface area contributed by atoms with Crippen molar-refractivity contribution in [2.75, 3.05) is 12.3 Å². The summed E-state index contributed by atoms with van der Waals surface area (Å²) in [5.74, 6) is -1.79. The summed E-state index contributed by atoms with van der Waals surface area (Å²) in [5.41, 5.74) is 5.75. The lowest BCUT2D eigenvalue weighted by Gasteiger charge is -2.05. The van der Waals surface area contributed by atoms with Gasteiger partial charge in [0.1, 0.15) is 6.61 Å². The number of carboxylic acids is 1. The van der Waals surface area contributed by atoms with Crippen molar-refractivity contribution in [3.63, 3.8) is 0 Å². The normalized spacial score (nSPS) is 9.50. The van der Waals surface area contributed by atoms with Gasteiger partial charge in [0.15, 0.2) is 0 Å². The van der Waals surface area contributed by atoms with E-state index in [9.17, 15) is 9.59 Å². The second-order valence-electron chi connectivity index (χ2n) is 2.99. The van der Waals surface area contributed by atoms with E-state index in [1.165, 1.54) is 24.3 Å². The number of nitrogens with two attached hydrogens (primary N) is 1. The number of anilines is 1. The van der Waals surface area contributed by atoms with Gasteiger partial charge in [-0.05, 0) is 18.2 Å². The van der Waals surface area contributed by atoms with Crippen LogP contribution in [-0.4, -0.2) is 23.7 Å². The first-order valence-corrected chi connectivity index (χ1v) is 4.47. The van der Waals surface area contributed by atoms with E-state index in [1.807, 2.05) is 0 Å². The number of aromatic carboxylic acids is 1. The first kappa shape index (κ1) is 11.8. The molecule has 1 aromatic carbocycles. The lowest BCUT2D eigenvalue weighted by Crippen LogP contribution is -2.10. The van der Waals surface area contributed by atoms with Crippen LogP contribution >= 0.6 is 0 Å². The second kappa shape index (κ2) is 4.97. The van der Waals surface area contributed by atoms with Crippen molar-refractivity contribution in [3.05, 3.63) is 42.0 Å². The Hall–Kier alpha value is -2.30. The van der Waals surface area contributed by atoms with Gasteiger partial charge in [-0.15, -0.1) is 0 Å². The van der Waals surface area contributed by atoms with Crippen LogP contribution < -0.4 is 5.73 Å². The van der Waals surface area contributed by atoms with Crippen LogP contribution in [0.15, 0.2) is 30.9 Å². The lowest BCUT2D eigenvalue weighted by atomic mass is 10.1. The number of hydrogen-bond acceptors (Lipinski definition) is 4. The quantitative estimate of drug-likeness (QED) is 0.454. The predicted octanol–water partition coefficient (Wildman–Crippen LogP) is 1.31. The maximum Gasteiger partial charge on any atom is 0.340 e. The van der Waals surface area contributed by atoms with Crippen molar-refractivity contribution in [1.82, 2.24) is 0 Å². The molecule has 0 heterocycles. The molecule has 0 unspecified atom stereocenters. The third-order valence-corrected chi connectivity index (χ3v) is 1.85. The molecule has 5 heteroatoms. The van der Waals surface area contributed by atoms with Gasteiger partial charge in [-0.2, -0.15) is 0 Å². The zero-order chi connectivity index (χ0) is 12.1. The molecule has 0 fully saturated rings. The minimum atomic E-state index is -1.13. The Bertz CT molecular complexity index is 440. The van der Waals surface area contributed by atoms with Crippen molar-refractivity contribution in [2.45, 2.75) is 0 Å². The summed E-state index contributed by atoms with van der Waals surface area (Å²) >= 11 is 0. The first-order valence-electron chi connectivity index (χ1n) is 4.47. The number of esters is 1. The first-order chi connectivity index (χ1) is 7.56. The molecule has 84 valence electrons.